The molecule has 0 heterocycles. The van der Waals surface area contributed by atoms with E-state index in [0.29, 0.717) is 0 Å². The Kier molecular flexibility index (Phi) is 5.38. The minimum Gasteiger partial charge on any atom is -0.495 e. The Balaban J connectivity index is 2.12. The van der Waals surface area contributed by atoms with Crippen molar-refractivity contribution in [2.75, 3.05) is 18.7 Å². The monoisotopic (exact) mass is 351 g/mol. The van der Waals surface area contributed by atoms with Crippen molar-refractivity contribution in [1.82, 2.24) is 0 Å². The summed E-state index contributed by atoms with van der Waals surface area (Å²) >= 11 is 5.22. The first-order valence-electron chi connectivity index (χ1n) is 6.38. The molecule has 20 heavy (non-hydrogen) atoms. The van der Waals surface area contributed by atoms with Crippen molar-refractivity contribution in [1.29, 1.82) is 0 Å². The molecule has 0 aliphatic carbocycles. The van der Waals surface area contributed by atoms with E-state index in [1.54, 1.807) is 18.9 Å². The van der Waals surface area contributed by atoms with Crippen LogP contribution in [0.2, 0.25) is 0 Å². The molecule has 0 aliphatic rings. The summed E-state index contributed by atoms with van der Waals surface area (Å²) in [5.41, 5.74) is 2.32. The van der Waals surface area contributed by atoms with Crippen LogP contribution in [0.5, 0.6) is 5.75 Å². The maximum atomic E-state index is 5.31. The van der Waals surface area contributed by atoms with Crippen LogP contribution in [0.3, 0.4) is 0 Å². The largest absolute Gasteiger partial charge is 0.495 e. The van der Waals surface area contributed by atoms with Crippen LogP contribution in [0.15, 0.2) is 51.8 Å². The van der Waals surface area contributed by atoms with Gasteiger partial charge in [-0.15, -0.1) is 11.8 Å². The van der Waals surface area contributed by atoms with E-state index in [4.69, 9.17) is 4.74 Å². The summed E-state index contributed by atoms with van der Waals surface area (Å²) in [6.45, 7) is 2.16. The topological polar surface area (TPSA) is 21.3 Å². The van der Waals surface area contributed by atoms with Crippen molar-refractivity contribution in [3.63, 3.8) is 0 Å². The van der Waals surface area contributed by atoms with E-state index in [2.05, 4.69) is 58.7 Å². The van der Waals surface area contributed by atoms with Gasteiger partial charge in [0.05, 0.1) is 11.6 Å². The number of ether oxygens (including phenoxy) is 1. The predicted octanol–water partition coefficient (Wildman–Crippen LogP) is 5.35. The molecule has 0 amide bonds. The number of nitrogens with one attached hydrogen (secondary N) is 1. The number of hydrogen-bond acceptors (Lipinski definition) is 3. The lowest BCUT2D eigenvalue weighted by molar-refractivity contribution is 0.412. The summed E-state index contributed by atoms with van der Waals surface area (Å²) in [6, 6.07) is 14.9. The van der Waals surface area contributed by atoms with Gasteiger partial charge in [0, 0.05) is 22.7 Å². The number of anilines is 1. The molecule has 1 N–H and O–H groups in total. The van der Waals surface area contributed by atoms with E-state index < -0.39 is 0 Å². The number of thioether (sulfide) groups is 1. The SMILES string of the molecule is COc1cc(NC(C)c2ccc(SC)cc2)ccc1Br. The number of benzene rings is 2. The number of rotatable bonds is 5. The third kappa shape index (κ3) is 3.70. The molecule has 4 heteroatoms. The molecule has 2 nitrogen and oxygen atoms in total. The van der Waals surface area contributed by atoms with E-state index >= 15 is 0 Å². The van der Waals surface area contributed by atoms with Gasteiger partial charge >= 0.3 is 0 Å². The first-order valence-corrected chi connectivity index (χ1v) is 8.40. The van der Waals surface area contributed by atoms with Crippen molar-refractivity contribution in [3.8, 4) is 5.75 Å². The van der Waals surface area contributed by atoms with Crippen LogP contribution in [-0.4, -0.2) is 13.4 Å². The highest BCUT2D eigenvalue weighted by Gasteiger charge is 2.07. The standard InChI is InChI=1S/C16H18BrNOS/c1-11(12-4-7-14(20-3)8-5-12)18-13-6-9-15(17)16(10-13)19-2/h4-11,18H,1-3H3. The minimum absolute atomic E-state index is 0.247. The fourth-order valence-electron chi connectivity index (χ4n) is 1.98. The lowest BCUT2D eigenvalue weighted by Gasteiger charge is -2.17. The van der Waals surface area contributed by atoms with E-state index in [1.165, 1.54) is 10.5 Å². The quantitative estimate of drug-likeness (QED) is 0.733. The minimum atomic E-state index is 0.247. The van der Waals surface area contributed by atoms with Gasteiger partial charge in [0.2, 0.25) is 0 Å². The Bertz CT molecular complexity index is 571. The lowest BCUT2D eigenvalue weighted by Crippen LogP contribution is -2.06. The maximum Gasteiger partial charge on any atom is 0.135 e. The summed E-state index contributed by atoms with van der Waals surface area (Å²) in [5, 5.41) is 3.49. The van der Waals surface area contributed by atoms with Gasteiger partial charge in [0.25, 0.3) is 0 Å². The van der Waals surface area contributed by atoms with Gasteiger partial charge in [-0.1, -0.05) is 12.1 Å². The maximum absolute atomic E-state index is 5.31. The summed E-state index contributed by atoms with van der Waals surface area (Å²) in [6.07, 6.45) is 2.09. The summed E-state index contributed by atoms with van der Waals surface area (Å²) in [5.74, 6) is 0.833. The Morgan fingerprint density at radius 2 is 1.85 bits per heavy atom. The summed E-state index contributed by atoms with van der Waals surface area (Å²) in [4.78, 5) is 1.28. The predicted molar refractivity (Wildman–Crippen MR) is 91.0 cm³/mol. The highest BCUT2D eigenvalue weighted by atomic mass is 79.9. The first kappa shape index (κ1) is 15.3. The molecule has 0 saturated carbocycles. The second kappa shape index (κ2) is 7.04. The fraction of sp³-hybridized carbons (Fsp3) is 0.250. The Hall–Kier alpha value is -1.13. The van der Waals surface area contributed by atoms with Crippen LogP contribution >= 0.6 is 27.7 Å². The molecular formula is C16H18BrNOS. The van der Waals surface area contributed by atoms with Crippen LogP contribution in [0, 0.1) is 0 Å². The van der Waals surface area contributed by atoms with Crippen LogP contribution in [0.25, 0.3) is 0 Å². The first-order chi connectivity index (χ1) is 9.63. The van der Waals surface area contributed by atoms with E-state index in [1.807, 2.05) is 18.2 Å². The zero-order valence-corrected chi connectivity index (χ0v) is 14.2. The highest BCUT2D eigenvalue weighted by molar-refractivity contribution is 9.10. The molecule has 2 rings (SSSR count). The Labute approximate surface area is 133 Å². The molecule has 1 unspecified atom stereocenters. The van der Waals surface area contributed by atoms with Gasteiger partial charge in [-0.05, 0) is 58.9 Å². The fourth-order valence-corrected chi connectivity index (χ4v) is 2.79. The third-order valence-electron chi connectivity index (χ3n) is 3.15. The molecule has 2 aromatic rings. The zero-order chi connectivity index (χ0) is 14.5. The molecule has 0 aliphatic heterocycles. The average Bonchev–Trinajstić information content (AvgIpc) is 2.49. The van der Waals surface area contributed by atoms with E-state index in [9.17, 15) is 0 Å². The van der Waals surface area contributed by atoms with Gasteiger partial charge in [-0.2, -0.15) is 0 Å². The molecule has 1 atom stereocenters. The second-order valence-corrected chi connectivity index (χ2v) is 6.22. The lowest BCUT2D eigenvalue weighted by atomic mass is 10.1. The van der Waals surface area contributed by atoms with Crippen LogP contribution in [0.4, 0.5) is 5.69 Å². The average molecular weight is 352 g/mol. The van der Waals surface area contributed by atoms with Crippen LogP contribution < -0.4 is 10.1 Å². The normalized spacial score (nSPS) is 12.0. The van der Waals surface area contributed by atoms with Gasteiger partial charge < -0.3 is 10.1 Å². The van der Waals surface area contributed by atoms with Crippen molar-refractivity contribution >= 4 is 33.4 Å². The van der Waals surface area contributed by atoms with Crippen molar-refractivity contribution in [2.24, 2.45) is 0 Å². The Morgan fingerprint density at radius 1 is 1.15 bits per heavy atom. The van der Waals surface area contributed by atoms with Gasteiger partial charge in [0.15, 0.2) is 0 Å². The molecule has 106 valence electrons. The molecule has 0 aromatic heterocycles. The molecule has 0 radical (unpaired) electrons. The molecule has 0 spiro atoms. The van der Waals surface area contributed by atoms with Gasteiger partial charge in [-0.3, -0.25) is 0 Å². The summed E-state index contributed by atoms with van der Waals surface area (Å²) < 4.78 is 6.27. The summed E-state index contributed by atoms with van der Waals surface area (Å²) in [7, 11) is 1.68. The van der Waals surface area contributed by atoms with Crippen LogP contribution in [-0.2, 0) is 0 Å². The molecule has 2 aromatic carbocycles. The van der Waals surface area contributed by atoms with Gasteiger partial charge in [0.1, 0.15) is 5.75 Å². The molecule has 0 fully saturated rings. The highest BCUT2D eigenvalue weighted by Crippen LogP contribution is 2.30. The third-order valence-corrected chi connectivity index (χ3v) is 4.55. The van der Waals surface area contributed by atoms with E-state index in [-0.39, 0.29) is 6.04 Å². The van der Waals surface area contributed by atoms with Crippen molar-refractivity contribution < 1.29 is 4.74 Å². The number of halogens is 1. The number of hydrogen-bond donors (Lipinski definition) is 1. The van der Waals surface area contributed by atoms with Gasteiger partial charge in [-0.25, -0.2) is 0 Å². The van der Waals surface area contributed by atoms with Crippen molar-refractivity contribution in [2.45, 2.75) is 17.9 Å². The molecule has 0 saturated heterocycles. The van der Waals surface area contributed by atoms with Crippen LogP contribution in [0.1, 0.15) is 18.5 Å². The molecule has 0 bridgehead atoms. The Morgan fingerprint density at radius 3 is 2.45 bits per heavy atom. The van der Waals surface area contributed by atoms with Crippen molar-refractivity contribution in [3.05, 3.63) is 52.5 Å². The van der Waals surface area contributed by atoms with E-state index in [0.717, 1.165) is 15.9 Å². The second-order valence-electron chi connectivity index (χ2n) is 4.49. The zero-order valence-electron chi connectivity index (χ0n) is 11.8. The smallest absolute Gasteiger partial charge is 0.135 e. The number of methoxy groups -OCH3 is 1. The molecular weight excluding hydrogens is 334 g/mol.